The summed E-state index contributed by atoms with van der Waals surface area (Å²) in [4.78, 5) is 14.5. The summed E-state index contributed by atoms with van der Waals surface area (Å²) in [6, 6.07) is 7.11. The van der Waals surface area contributed by atoms with Gasteiger partial charge in [0.05, 0.1) is 10.7 Å². The van der Waals surface area contributed by atoms with E-state index in [2.05, 4.69) is 15.3 Å². The van der Waals surface area contributed by atoms with Gasteiger partial charge >= 0.3 is 5.69 Å². The van der Waals surface area contributed by atoms with Crippen LogP contribution in [-0.2, 0) is 6.67 Å². The fourth-order valence-corrected chi connectivity index (χ4v) is 2.64. The largest absolute Gasteiger partial charge is 0.369 e. The van der Waals surface area contributed by atoms with E-state index >= 15 is 0 Å². The van der Waals surface area contributed by atoms with Gasteiger partial charge in [0.2, 0.25) is 0 Å². The van der Waals surface area contributed by atoms with Crippen molar-refractivity contribution in [2.45, 2.75) is 25.9 Å². The minimum Gasteiger partial charge on any atom is -0.284 e. The quantitative estimate of drug-likeness (QED) is 0.861. The zero-order valence-electron chi connectivity index (χ0n) is 11.1. The van der Waals surface area contributed by atoms with Crippen LogP contribution in [0.3, 0.4) is 0 Å². The van der Waals surface area contributed by atoms with Crippen LogP contribution >= 0.6 is 11.6 Å². The van der Waals surface area contributed by atoms with Gasteiger partial charge in [-0.15, -0.1) is 0 Å². The lowest BCUT2D eigenvalue weighted by atomic mass is 10.1. The van der Waals surface area contributed by atoms with E-state index in [-0.39, 0.29) is 5.69 Å². The Morgan fingerprint density at radius 1 is 1.10 bits per heavy atom. The Morgan fingerprint density at radius 2 is 1.85 bits per heavy atom. The van der Waals surface area contributed by atoms with Gasteiger partial charge in [-0.1, -0.05) is 30.2 Å². The highest BCUT2D eigenvalue weighted by Crippen LogP contribution is 2.16. The molecule has 1 fully saturated rings. The number of piperidine rings is 1. The third-order valence-electron chi connectivity index (χ3n) is 3.50. The van der Waals surface area contributed by atoms with Gasteiger partial charge < -0.3 is 0 Å². The first-order valence-corrected chi connectivity index (χ1v) is 7.13. The third kappa shape index (κ3) is 2.62. The number of likely N-dealkylation sites (tertiary alicyclic amines) is 1. The van der Waals surface area contributed by atoms with Crippen LogP contribution in [-0.4, -0.2) is 37.8 Å². The van der Waals surface area contributed by atoms with E-state index in [4.69, 9.17) is 11.6 Å². The molecular formula is C13H16ClN5O. The molecular weight excluding hydrogens is 278 g/mol. The first-order valence-electron chi connectivity index (χ1n) is 6.76. The molecule has 20 heavy (non-hydrogen) atoms. The Hall–Kier alpha value is -1.66. The summed E-state index contributed by atoms with van der Waals surface area (Å²) < 4.78 is 2.63. The first kappa shape index (κ1) is 13.3. The SMILES string of the molecule is O=c1n(CN2CCCCC2)nnn1-c1ccccc1Cl. The smallest absolute Gasteiger partial charge is 0.284 e. The van der Waals surface area contributed by atoms with Crippen LogP contribution in [0.15, 0.2) is 29.1 Å². The maximum atomic E-state index is 12.3. The molecule has 1 aromatic carbocycles. The summed E-state index contributed by atoms with van der Waals surface area (Å²) in [5, 5.41) is 8.35. The van der Waals surface area contributed by atoms with Gasteiger partial charge in [-0.2, -0.15) is 9.36 Å². The molecule has 0 N–H and O–H groups in total. The van der Waals surface area contributed by atoms with Crippen LogP contribution in [0.2, 0.25) is 5.02 Å². The fourth-order valence-electron chi connectivity index (χ4n) is 2.43. The van der Waals surface area contributed by atoms with Crippen LogP contribution < -0.4 is 5.69 Å². The van der Waals surface area contributed by atoms with Crippen LogP contribution in [0.5, 0.6) is 0 Å². The van der Waals surface area contributed by atoms with E-state index in [0.717, 1.165) is 13.1 Å². The van der Waals surface area contributed by atoms with Gasteiger partial charge in [0.25, 0.3) is 0 Å². The van der Waals surface area contributed by atoms with Crippen LogP contribution in [0.1, 0.15) is 19.3 Å². The minimum atomic E-state index is -0.260. The molecule has 6 nitrogen and oxygen atoms in total. The van der Waals surface area contributed by atoms with Gasteiger partial charge in [0, 0.05) is 0 Å². The summed E-state index contributed by atoms with van der Waals surface area (Å²) in [5.41, 5.74) is 0.299. The number of hydrogen-bond acceptors (Lipinski definition) is 4. The monoisotopic (exact) mass is 293 g/mol. The Morgan fingerprint density at radius 3 is 2.60 bits per heavy atom. The fraction of sp³-hybridized carbons (Fsp3) is 0.462. The topological polar surface area (TPSA) is 56.0 Å². The Kier molecular flexibility index (Phi) is 3.84. The van der Waals surface area contributed by atoms with Crippen molar-refractivity contribution in [2.24, 2.45) is 0 Å². The average molecular weight is 294 g/mol. The van der Waals surface area contributed by atoms with E-state index in [1.54, 1.807) is 12.1 Å². The Labute approximate surface area is 121 Å². The van der Waals surface area contributed by atoms with Crippen LogP contribution in [0.25, 0.3) is 5.69 Å². The number of aromatic nitrogens is 4. The number of para-hydroxylation sites is 1. The summed E-state index contributed by atoms with van der Waals surface area (Å²) in [5.74, 6) is 0. The molecule has 1 saturated heterocycles. The molecule has 0 saturated carbocycles. The molecule has 1 aliphatic rings. The maximum Gasteiger partial charge on any atom is 0.369 e. The third-order valence-corrected chi connectivity index (χ3v) is 3.82. The lowest BCUT2D eigenvalue weighted by Crippen LogP contribution is -2.36. The summed E-state index contributed by atoms with van der Waals surface area (Å²) >= 11 is 6.08. The number of hydrogen-bond donors (Lipinski definition) is 0. The lowest BCUT2D eigenvalue weighted by molar-refractivity contribution is 0.169. The molecule has 106 valence electrons. The van der Waals surface area contributed by atoms with Crippen molar-refractivity contribution < 1.29 is 0 Å². The van der Waals surface area contributed by atoms with Crippen molar-refractivity contribution in [1.29, 1.82) is 0 Å². The number of tetrazole rings is 1. The summed E-state index contributed by atoms with van der Waals surface area (Å²) in [6.07, 6.45) is 3.61. The molecule has 1 aromatic heterocycles. The molecule has 0 spiro atoms. The second kappa shape index (κ2) is 5.76. The number of benzene rings is 1. The van der Waals surface area contributed by atoms with Crippen molar-refractivity contribution in [3.05, 3.63) is 39.8 Å². The normalized spacial score (nSPS) is 16.4. The molecule has 0 bridgehead atoms. The Balaban J connectivity index is 1.85. The van der Waals surface area contributed by atoms with Gasteiger partial charge in [0.1, 0.15) is 6.67 Å². The molecule has 0 amide bonds. The predicted molar refractivity (Wildman–Crippen MR) is 76.1 cm³/mol. The molecule has 2 aromatic rings. The van der Waals surface area contributed by atoms with Crippen molar-refractivity contribution >= 4 is 11.6 Å². The second-order valence-electron chi connectivity index (χ2n) is 4.94. The molecule has 7 heteroatoms. The number of halogens is 1. The highest BCUT2D eigenvalue weighted by atomic mass is 35.5. The zero-order valence-corrected chi connectivity index (χ0v) is 11.8. The molecule has 0 aliphatic carbocycles. The number of nitrogens with zero attached hydrogens (tertiary/aromatic N) is 5. The second-order valence-corrected chi connectivity index (χ2v) is 5.35. The molecule has 0 radical (unpaired) electrons. The van der Waals surface area contributed by atoms with Crippen molar-refractivity contribution in [1.82, 2.24) is 24.7 Å². The van der Waals surface area contributed by atoms with E-state index in [1.807, 2.05) is 12.1 Å². The molecule has 2 heterocycles. The molecule has 0 unspecified atom stereocenters. The van der Waals surface area contributed by atoms with Gasteiger partial charge in [-0.25, -0.2) is 4.79 Å². The van der Waals surface area contributed by atoms with Crippen molar-refractivity contribution in [3.63, 3.8) is 0 Å². The standard InChI is InChI=1S/C13H16ClN5O/c14-11-6-2-3-7-12(11)19-13(20)18(15-16-19)10-17-8-4-1-5-9-17/h2-3,6-7H,1,4-5,8-10H2. The molecule has 3 rings (SSSR count). The van der Waals surface area contributed by atoms with E-state index in [1.165, 1.54) is 28.6 Å². The molecule has 1 aliphatic heterocycles. The maximum absolute atomic E-state index is 12.3. The van der Waals surface area contributed by atoms with Crippen LogP contribution in [0, 0.1) is 0 Å². The summed E-state index contributed by atoms with van der Waals surface area (Å²) in [6.45, 7) is 2.50. The van der Waals surface area contributed by atoms with Gasteiger partial charge in [-0.05, 0) is 48.5 Å². The zero-order chi connectivity index (χ0) is 13.9. The van der Waals surface area contributed by atoms with Crippen molar-refractivity contribution in [2.75, 3.05) is 13.1 Å². The lowest BCUT2D eigenvalue weighted by Gasteiger charge is -2.25. The van der Waals surface area contributed by atoms with E-state index in [9.17, 15) is 4.79 Å². The van der Waals surface area contributed by atoms with Gasteiger partial charge in [0.15, 0.2) is 0 Å². The molecule has 0 atom stereocenters. The highest BCUT2D eigenvalue weighted by molar-refractivity contribution is 6.32. The van der Waals surface area contributed by atoms with Gasteiger partial charge in [-0.3, -0.25) is 4.90 Å². The first-order chi connectivity index (χ1) is 9.75. The summed E-state index contributed by atoms with van der Waals surface area (Å²) in [7, 11) is 0. The highest BCUT2D eigenvalue weighted by Gasteiger charge is 2.15. The number of rotatable bonds is 3. The van der Waals surface area contributed by atoms with E-state index in [0.29, 0.717) is 17.4 Å². The van der Waals surface area contributed by atoms with Crippen LogP contribution in [0.4, 0.5) is 0 Å². The Bertz CT molecular complexity index is 644. The predicted octanol–water partition coefficient (Wildman–Crippen LogP) is 1.53. The average Bonchev–Trinajstić information content (AvgIpc) is 2.82. The van der Waals surface area contributed by atoms with E-state index < -0.39 is 0 Å². The minimum absolute atomic E-state index is 0.260. The van der Waals surface area contributed by atoms with Crippen molar-refractivity contribution in [3.8, 4) is 5.69 Å².